The quantitative estimate of drug-likeness (QED) is 0.569. The molecule has 3 N–H and O–H groups in total. The van der Waals surface area contributed by atoms with Gasteiger partial charge in [-0.25, -0.2) is 0 Å². The molecule has 3 fully saturated rings. The zero-order valence-electron chi connectivity index (χ0n) is 16.5. The Labute approximate surface area is 173 Å². The minimum Gasteiger partial charge on any atom is -0.374 e. The lowest BCUT2D eigenvalue weighted by molar-refractivity contribution is -0.136. The maximum atomic E-state index is 13.1. The molecule has 3 heterocycles. The number of carbonyl (C=O) groups excluding carboxylic acids is 4. The first-order chi connectivity index (χ1) is 14.5. The topological polar surface area (TPSA) is 117 Å². The van der Waals surface area contributed by atoms with E-state index >= 15 is 0 Å². The minimum atomic E-state index is -0.952. The van der Waals surface area contributed by atoms with Gasteiger partial charge in [-0.2, -0.15) is 0 Å². The second kappa shape index (κ2) is 7.26. The molecule has 1 aromatic rings. The van der Waals surface area contributed by atoms with Gasteiger partial charge in [-0.15, -0.1) is 0 Å². The summed E-state index contributed by atoms with van der Waals surface area (Å²) in [4.78, 5) is 50.6. The van der Waals surface area contributed by atoms with Gasteiger partial charge >= 0.3 is 0 Å². The molecule has 1 saturated carbocycles. The van der Waals surface area contributed by atoms with Gasteiger partial charge in [0.25, 0.3) is 11.8 Å². The SMILES string of the molecule is O=C1CCC(N2C(=O)c3cccc(CNCC4CNC5(CC5)CO4)c3C2=O)C(=O)N1. The van der Waals surface area contributed by atoms with Crippen LogP contribution in [0.5, 0.6) is 0 Å². The van der Waals surface area contributed by atoms with Crippen LogP contribution in [0.15, 0.2) is 18.2 Å². The highest BCUT2D eigenvalue weighted by Crippen LogP contribution is 2.37. The molecule has 9 heteroatoms. The van der Waals surface area contributed by atoms with Crippen LogP contribution in [0.3, 0.4) is 0 Å². The third-order valence-corrected chi connectivity index (χ3v) is 6.40. The van der Waals surface area contributed by atoms with Crippen molar-refractivity contribution < 1.29 is 23.9 Å². The van der Waals surface area contributed by atoms with E-state index in [1.807, 2.05) is 6.07 Å². The Hall–Kier alpha value is -2.62. The minimum absolute atomic E-state index is 0.0605. The van der Waals surface area contributed by atoms with Gasteiger partial charge < -0.3 is 15.4 Å². The van der Waals surface area contributed by atoms with Crippen molar-refractivity contribution in [2.45, 2.75) is 49.9 Å². The fraction of sp³-hybridized carbons (Fsp3) is 0.524. The molecule has 2 atom stereocenters. The standard InChI is InChI=1S/C21H24N4O5/c26-16-5-4-15(18(27)24-16)25-19(28)14-3-1-2-12(17(14)20(25)29)8-22-9-13-10-23-21(6-7-21)11-30-13/h1-3,13,15,22-23H,4-11H2,(H,24,26,27). The third-order valence-electron chi connectivity index (χ3n) is 6.40. The lowest BCUT2D eigenvalue weighted by Crippen LogP contribution is -2.54. The first-order valence-electron chi connectivity index (χ1n) is 10.4. The molecule has 9 nitrogen and oxygen atoms in total. The van der Waals surface area contributed by atoms with Crippen molar-refractivity contribution in [2.75, 3.05) is 19.7 Å². The zero-order chi connectivity index (χ0) is 20.9. The molecule has 1 aliphatic carbocycles. The van der Waals surface area contributed by atoms with Gasteiger partial charge in [0.1, 0.15) is 6.04 Å². The summed E-state index contributed by atoms with van der Waals surface area (Å²) in [5, 5.41) is 9.08. The molecular formula is C21H24N4O5. The number of morpholine rings is 1. The van der Waals surface area contributed by atoms with E-state index in [0.29, 0.717) is 29.8 Å². The smallest absolute Gasteiger partial charge is 0.262 e. The second-order valence-corrected chi connectivity index (χ2v) is 8.51. The molecule has 0 radical (unpaired) electrons. The zero-order valence-corrected chi connectivity index (χ0v) is 16.5. The average molecular weight is 412 g/mol. The molecule has 1 aromatic carbocycles. The Morgan fingerprint density at radius 1 is 1.17 bits per heavy atom. The van der Waals surface area contributed by atoms with Gasteiger partial charge in [-0.3, -0.25) is 29.4 Å². The highest BCUT2D eigenvalue weighted by Gasteiger charge is 2.46. The van der Waals surface area contributed by atoms with Gasteiger partial charge in [-0.1, -0.05) is 12.1 Å². The number of imide groups is 2. The number of hydrogen-bond donors (Lipinski definition) is 3. The summed E-state index contributed by atoms with van der Waals surface area (Å²) in [6, 6.07) is 4.20. The number of fused-ring (bicyclic) bond motifs is 1. The van der Waals surface area contributed by atoms with Crippen molar-refractivity contribution in [1.29, 1.82) is 0 Å². The molecule has 30 heavy (non-hydrogen) atoms. The lowest BCUT2D eigenvalue weighted by atomic mass is 10.0. The number of hydrogen-bond acceptors (Lipinski definition) is 7. The summed E-state index contributed by atoms with van der Waals surface area (Å²) in [6.45, 7) is 2.57. The van der Waals surface area contributed by atoms with E-state index in [1.165, 1.54) is 12.8 Å². The summed E-state index contributed by atoms with van der Waals surface area (Å²) in [7, 11) is 0. The first kappa shape index (κ1) is 19.3. The van der Waals surface area contributed by atoms with E-state index in [4.69, 9.17) is 4.74 Å². The van der Waals surface area contributed by atoms with Crippen molar-refractivity contribution in [3.05, 3.63) is 34.9 Å². The Morgan fingerprint density at radius 3 is 2.70 bits per heavy atom. The molecule has 5 rings (SSSR count). The van der Waals surface area contributed by atoms with Crippen LogP contribution in [-0.2, 0) is 20.9 Å². The van der Waals surface area contributed by atoms with Crippen molar-refractivity contribution in [3.63, 3.8) is 0 Å². The van der Waals surface area contributed by atoms with Crippen molar-refractivity contribution in [1.82, 2.24) is 20.9 Å². The van der Waals surface area contributed by atoms with E-state index < -0.39 is 23.8 Å². The van der Waals surface area contributed by atoms with Crippen molar-refractivity contribution >= 4 is 23.6 Å². The fourth-order valence-corrected chi connectivity index (χ4v) is 4.42. The monoisotopic (exact) mass is 412 g/mol. The number of nitrogens with zero attached hydrogens (tertiary/aromatic N) is 1. The Kier molecular flexibility index (Phi) is 4.68. The van der Waals surface area contributed by atoms with E-state index in [2.05, 4.69) is 16.0 Å². The lowest BCUT2D eigenvalue weighted by Gasteiger charge is -2.30. The maximum absolute atomic E-state index is 13.1. The number of rotatable bonds is 5. The summed E-state index contributed by atoms with van der Waals surface area (Å²) >= 11 is 0. The average Bonchev–Trinajstić information content (AvgIpc) is 3.44. The van der Waals surface area contributed by atoms with E-state index in [-0.39, 0.29) is 30.4 Å². The summed E-state index contributed by atoms with van der Waals surface area (Å²) in [5.41, 5.74) is 1.56. The number of nitrogens with one attached hydrogen (secondary N) is 3. The maximum Gasteiger partial charge on any atom is 0.262 e. The number of carbonyl (C=O) groups is 4. The second-order valence-electron chi connectivity index (χ2n) is 8.51. The number of benzene rings is 1. The summed E-state index contributed by atoms with van der Waals surface area (Å²) in [5.74, 6) is -1.95. The van der Waals surface area contributed by atoms with Crippen LogP contribution >= 0.6 is 0 Å². The Bertz CT molecular complexity index is 931. The van der Waals surface area contributed by atoms with Crippen LogP contribution < -0.4 is 16.0 Å². The molecule has 0 bridgehead atoms. The molecular weight excluding hydrogens is 388 g/mol. The van der Waals surface area contributed by atoms with Gasteiger partial charge in [0.2, 0.25) is 11.8 Å². The first-order valence-corrected chi connectivity index (χ1v) is 10.4. The van der Waals surface area contributed by atoms with Crippen LogP contribution in [-0.4, -0.2) is 65.9 Å². The Morgan fingerprint density at radius 2 is 2.00 bits per heavy atom. The predicted octanol–water partition coefficient (Wildman–Crippen LogP) is -0.302. The van der Waals surface area contributed by atoms with Crippen LogP contribution in [0.25, 0.3) is 0 Å². The molecule has 2 unspecified atom stereocenters. The molecule has 4 amide bonds. The van der Waals surface area contributed by atoms with E-state index in [1.54, 1.807) is 12.1 Å². The van der Waals surface area contributed by atoms with Crippen LogP contribution in [0, 0.1) is 0 Å². The number of ether oxygens (including phenoxy) is 1. The predicted molar refractivity (Wildman–Crippen MR) is 105 cm³/mol. The normalized spacial score (nSPS) is 27.4. The number of amides is 4. The fourth-order valence-electron chi connectivity index (χ4n) is 4.42. The molecule has 0 aromatic heterocycles. The largest absolute Gasteiger partial charge is 0.374 e. The van der Waals surface area contributed by atoms with Gasteiger partial charge in [-0.05, 0) is 30.9 Å². The molecule has 4 aliphatic rings. The van der Waals surface area contributed by atoms with Gasteiger partial charge in [0.05, 0.1) is 23.8 Å². The van der Waals surface area contributed by atoms with Gasteiger partial charge in [0.15, 0.2) is 0 Å². The highest BCUT2D eigenvalue weighted by molar-refractivity contribution is 6.24. The third kappa shape index (κ3) is 3.32. The van der Waals surface area contributed by atoms with Crippen LogP contribution in [0.4, 0.5) is 0 Å². The molecule has 3 aliphatic heterocycles. The Balaban J connectivity index is 1.26. The highest BCUT2D eigenvalue weighted by atomic mass is 16.5. The van der Waals surface area contributed by atoms with Crippen molar-refractivity contribution in [3.8, 4) is 0 Å². The molecule has 1 spiro atoms. The summed E-state index contributed by atoms with van der Waals surface area (Å²) < 4.78 is 5.92. The molecule has 158 valence electrons. The van der Waals surface area contributed by atoms with Crippen LogP contribution in [0.2, 0.25) is 0 Å². The van der Waals surface area contributed by atoms with Crippen molar-refractivity contribution in [2.24, 2.45) is 0 Å². The van der Waals surface area contributed by atoms with E-state index in [0.717, 1.165) is 18.1 Å². The van der Waals surface area contributed by atoms with Gasteiger partial charge in [0, 0.05) is 31.6 Å². The van der Waals surface area contributed by atoms with Crippen LogP contribution in [0.1, 0.15) is 52.0 Å². The molecule has 2 saturated heterocycles. The number of piperidine rings is 1. The van der Waals surface area contributed by atoms with E-state index in [9.17, 15) is 19.2 Å². The summed E-state index contributed by atoms with van der Waals surface area (Å²) in [6.07, 6.45) is 2.66.